The summed E-state index contributed by atoms with van der Waals surface area (Å²) < 4.78 is 0. The largest absolute Gasteiger partial charge is 0.396 e. The number of nitrogens with zero attached hydrogens (tertiary/aromatic N) is 5. The van der Waals surface area contributed by atoms with Crippen LogP contribution in [0.5, 0.6) is 0 Å². The minimum atomic E-state index is 0.544. The second-order valence-corrected chi connectivity index (χ2v) is 6.80. The van der Waals surface area contributed by atoms with Crippen LogP contribution in [0, 0.1) is 0 Å². The molecule has 5 rings (SSSR count). The van der Waals surface area contributed by atoms with E-state index in [2.05, 4.69) is 49.1 Å². The van der Waals surface area contributed by atoms with Crippen LogP contribution in [0.1, 0.15) is 5.56 Å². The maximum absolute atomic E-state index is 5.94. The molecule has 0 aliphatic rings. The Kier molecular flexibility index (Phi) is 4.49. The molecular formula is C22H18N8. The number of anilines is 2. The van der Waals surface area contributed by atoms with E-state index in [-0.39, 0.29) is 0 Å². The number of aromatic nitrogens is 6. The molecule has 5 aromatic rings. The van der Waals surface area contributed by atoms with Crippen LogP contribution >= 0.6 is 0 Å². The van der Waals surface area contributed by atoms with Gasteiger partial charge in [-0.1, -0.05) is 36.4 Å². The number of nitrogen functional groups attached to an aromatic ring is 1. The Hall–Kier alpha value is -4.33. The van der Waals surface area contributed by atoms with E-state index in [4.69, 9.17) is 10.7 Å². The van der Waals surface area contributed by atoms with Gasteiger partial charge in [0.15, 0.2) is 0 Å². The number of pyridine rings is 2. The van der Waals surface area contributed by atoms with Crippen molar-refractivity contribution in [1.82, 2.24) is 30.6 Å². The Morgan fingerprint density at radius 1 is 0.933 bits per heavy atom. The van der Waals surface area contributed by atoms with Gasteiger partial charge in [0.05, 0.1) is 16.9 Å². The first-order chi connectivity index (χ1) is 14.8. The smallest absolute Gasteiger partial charge is 0.205 e. The van der Waals surface area contributed by atoms with E-state index in [1.807, 2.05) is 48.5 Å². The molecule has 0 atom stereocenters. The highest BCUT2D eigenvalue weighted by atomic mass is 15.5. The Morgan fingerprint density at radius 2 is 1.83 bits per heavy atom. The SMILES string of the molecule is Nc1cccnc1NCc1ccc2nc(-c3ccccc3-c3nn[nH]n3)ccc2c1. The third-order valence-corrected chi connectivity index (χ3v) is 4.84. The molecule has 4 N–H and O–H groups in total. The Balaban J connectivity index is 1.44. The molecule has 0 saturated carbocycles. The summed E-state index contributed by atoms with van der Waals surface area (Å²) in [6, 6.07) is 21.8. The van der Waals surface area contributed by atoms with Crippen molar-refractivity contribution in [3.8, 4) is 22.6 Å². The van der Waals surface area contributed by atoms with Gasteiger partial charge >= 0.3 is 0 Å². The quantitative estimate of drug-likeness (QED) is 0.416. The van der Waals surface area contributed by atoms with Crippen molar-refractivity contribution in [3.63, 3.8) is 0 Å². The molecule has 0 radical (unpaired) electrons. The van der Waals surface area contributed by atoms with Gasteiger partial charge in [-0.2, -0.15) is 5.21 Å². The van der Waals surface area contributed by atoms with Crippen LogP contribution in [0.15, 0.2) is 72.9 Å². The van der Waals surface area contributed by atoms with E-state index in [0.717, 1.165) is 33.3 Å². The van der Waals surface area contributed by atoms with Gasteiger partial charge in [0, 0.05) is 29.3 Å². The van der Waals surface area contributed by atoms with Crippen LogP contribution < -0.4 is 11.1 Å². The molecule has 0 aliphatic carbocycles. The van der Waals surface area contributed by atoms with Crippen LogP contribution in [0.3, 0.4) is 0 Å². The van der Waals surface area contributed by atoms with Crippen molar-refractivity contribution in [2.24, 2.45) is 0 Å². The number of H-pyrrole nitrogens is 1. The first kappa shape index (κ1) is 17.7. The lowest BCUT2D eigenvalue weighted by atomic mass is 10.0. The van der Waals surface area contributed by atoms with E-state index >= 15 is 0 Å². The van der Waals surface area contributed by atoms with Crippen LogP contribution in [0.4, 0.5) is 11.5 Å². The first-order valence-corrected chi connectivity index (χ1v) is 9.45. The summed E-state index contributed by atoms with van der Waals surface area (Å²) in [5.74, 6) is 1.23. The number of benzene rings is 2. The molecule has 0 unspecified atom stereocenters. The first-order valence-electron chi connectivity index (χ1n) is 9.45. The zero-order chi connectivity index (χ0) is 20.3. The molecule has 8 nitrogen and oxygen atoms in total. The monoisotopic (exact) mass is 394 g/mol. The number of fused-ring (bicyclic) bond motifs is 1. The van der Waals surface area contributed by atoms with Gasteiger partial charge in [0.1, 0.15) is 5.82 Å². The lowest BCUT2D eigenvalue weighted by molar-refractivity contribution is 0.881. The van der Waals surface area contributed by atoms with Gasteiger partial charge in [0.2, 0.25) is 5.82 Å². The second-order valence-electron chi connectivity index (χ2n) is 6.80. The normalized spacial score (nSPS) is 10.9. The molecule has 0 spiro atoms. The third-order valence-electron chi connectivity index (χ3n) is 4.84. The number of hydrogen-bond donors (Lipinski definition) is 3. The van der Waals surface area contributed by atoms with Crippen LogP contribution in [-0.4, -0.2) is 30.6 Å². The van der Waals surface area contributed by atoms with Gasteiger partial charge < -0.3 is 11.1 Å². The van der Waals surface area contributed by atoms with E-state index in [1.165, 1.54) is 0 Å². The van der Waals surface area contributed by atoms with E-state index in [1.54, 1.807) is 6.20 Å². The highest BCUT2D eigenvalue weighted by Crippen LogP contribution is 2.29. The number of aromatic amines is 1. The zero-order valence-corrected chi connectivity index (χ0v) is 15.9. The van der Waals surface area contributed by atoms with Crippen LogP contribution in [-0.2, 0) is 6.54 Å². The molecule has 0 fully saturated rings. The fourth-order valence-corrected chi connectivity index (χ4v) is 3.36. The molecule has 30 heavy (non-hydrogen) atoms. The van der Waals surface area contributed by atoms with Crippen molar-refractivity contribution >= 4 is 22.4 Å². The lowest BCUT2D eigenvalue weighted by Gasteiger charge is -2.10. The topological polar surface area (TPSA) is 118 Å². The van der Waals surface area contributed by atoms with Gasteiger partial charge in [-0.25, -0.2) is 9.97 Å². The van der Waals surface area contributed by atoms with Crippen molar-refractivity contribution in [3.05, 3.63) is 78.5 Å². The van der Waals surface area contributed by atoms with E-state index in [9.17, 15) is 0 Å². The van der Waals surface area contributed by atoms with Gasteiger partial charge in [-0.05, 0) is 41.1 Å². The van der Waals surface area contributed by atoms with Crippen molar-refractivity contribution in [2.45, 2.75) is 6.54 Å². The number of tetrazole rings is 1. The standard InChI is InChI=1S/C22H18N8/c23-18-6-3-11-24-22(18)25-13-14-7-9-19-15(12-14)8-10-20(26-19)16-4-1-2-5-17(16)21-27-29-30-28-21/h1-12H,13,23H2,(H,24,25)(H,27,28,29,30). The summed E-state index contributed by atoms with van der Waals surface area (Å²) in [5, 5.41) is 18.7. The molecule has 2 aromatic carbocycles. The maximum atomic E-state index is 5.94. The van der Waals surface area contributed by atoms with Crippen LogP contribution in [0.2, 0.25) is 0 Å². The van der Waals surface area contributed by atoms with Gasteiger partial charge in [-0.15, -0.1) is 10.2 Å². The minimum absolute atomic E-state index is 0.544. The Bertz CT molecular complexity index is 1310. The molecular weight excluding hydrogens is 376 g/mol. The van der Waals surface area contributed by atoms with Gasteiger partial charge in [0.25, 0.3) is 0 Å². The van der Waals surface area contributed by atoms with Crippen LogP contribution in [0.25, 0.3) is 33.5 Å². The Morgan fingerprint density at radius 3 is 2.67 bits per heavy atom. The number of nitrogens with two attached hydrogens (primary N) is 1. The predicted molar refractivity (Wildman–Crippen MR) is 116 cm³/mol. The fourth-order valence-electron chi connectivity index (χ4n) is 3.36. The highest BCUT2D eigenvalue weighted by molar-refractivity contribution is 5.85. The molecule has 0 amide bonds. The average molecular weight is 394 g/mol. The number of nitrogens with one attached hydrogen (secondary N) is 2. The van der Waals surface area contributed by atoms with E-state index < -0.39 is 0 Å². The molecule has 0 aliphatic heterocycles. The number of rotatable bonds is 5. The van der Waals surface area contributed by atoms with Gasteiger partial charge in [-0.3, -0.25) is 0 Å². The van der Waals surface area contributed by atoms with E-state index in [0.29, 0.717) is 23.9 Å². The summed E-state index contributed by atoms with van der Waals surface area (Å²) >= 11 is 0. The summed E-state index contributed by atoms with van der Waals surface area (Å²) in [4.78, 5) is 9.12. The predicted octanol–water partition coefficient (Wildman–Crippen LogP) is 3.67. The molecule has 0 saturated heterocycles. The fraction of sp³-hybridized carbons (Fsp3) is 0.0455. The summed E-state index contributed by atoms with van der Waals surface area (Å²) in [5.41, 5.74) is 11.3. The Labute approximate surface area is 172 Å². The van der Waals surface area contributed by atoms with Crippen molar-refractivity contribution < 1.29 is 0 Å². The highest BCUT2D eigenvalue weighted by Gasteiger charge is 2.12. The third kappa shape index (κ3) is 3.42. The molecule has 146 valence electrons. The molecule has 3 heterocycles. The summed E-state index contributed by atoms with van der Waals surface area (Å²) in [6.07, 6.45) is 1.72. The maximum Gasteiger partial charge on any atom is 0.205 e. The zero-order valence-electron chi connectivity index (χ0n) is 15.9. The number of hydrogen-bond acceptors (Lipinski definition) is 7. The van der Waals surface area contributed by atoms with Crippen molar-refractivity contribution in [2.75, 3.05) is 11.1 Å². The second kappa shape index (κ2) is 7.59. The van der Waals surface area contributed by atoms with Crippen molar-refractivity contribution in [1.29, 1.82) is 0 Å². The summed E-state index contributed by atoms with van der Waals surface area (Å²) in [7, 11) is 0. The lowest BCUT2D eigenvalue weighted by Crippen LogP contribution is -2.04. The average Bonchev–Trinajstić information content (AvgIpc) is 3.33. The molecule has 0 bridgehead atoms. The summed E-state index contributed by atoms with van der Waals surface area (Å²) in [6.45, 7) is 0.625. The minimum Gasteiger partial charge on any atom is -0.396 e. The molecule has 3 aromatic heterocycles. The molecule has 8 heteroatoms.